The molecule has 2 heterocycles. The van der Waals surface area contributed by atoms with E-state index in [1.807, 2.05) is 12.3 Å². The predicted molar refractivity (Wildman–Crippen MR) is 78.8 cm³/mol. The Morgan fingerprint density at radius 1 is 1.48 bits per heavy atom. The fourth-order valence-electron chi connectivity index (χ4n) is 2.14. The van der Waals surface area contributed by atoms with E-state index in [0.717, 1.165) is 5.56 Å². The lowest BCUT2D eigenvalue weighted by Crippen LogP contribution is -2.21. The molecule has 6 heteroatoms. The lowest BCUT2D eigenvalue weighted by molar-refractivity contribution is 0.592. The van der Waals surface area contributed by atoms with Gasteiger partial charge in [0.2, 0.25) is 0 Å². The van der Waals surface area contributed by atoms with E-state index in [9.17, 15) is 9.18 Å². The standard InChI is InChI=1S/C15H10FN3OS/c1-9-7-21-14-13(9)18-8-19(15(14)20)6-11-4-2-3-10(5-17)12(11)16/h2-4,7-8H,6H2,1H3. The van der Waals surface area contributed by atoms with E-state index >= 15 is 0 Å². The third kappa shape index (κ3) is 2.22. The number of aryl methyl sites for hydroxylation is 1. The highest BCUT2D eigenvalue weighted by molar-refractivity contribution is 7.17. The number of fused-ring (bicyclic) bond motifs is 1. The largest absolute Gasteiger partial charge is 0.293 e. The summed E-state index contributed by atoms with van der Waals surface area (Å²) in [7, 11) is 0. The van der Waals surface area contributed by atoms with E-state index in [2.05, 4.69) is 4.98 Å². The first-order valence-electron chi connectivity index (χ1n) is 6.22. The van der Waals surface area contributed by atoms with Crippen LogP contribution in [-0.2, 0) is 6.54 Å². The molecule has 1 aromatic carbocycles. The molecule has 0 amide bonds. The van der Waals surface area contributed by atoms with Gasteiger partial charge in [0.05, 0.1) is 24.0 Å². The van der Waals surface area contributed by atoms with Crippen LogP contribution in [0.3, 0.4) is 0 Å². The fraction of sp³-hybridized carbons (Fsp3) is 0.133. The summed E-state index contributed by atoms with van der Waals surface area (Å²) in [5.41, 5.74) is 1.72. The minimum atomic E-state index is -0.589. The summed E-state index contributed by atoms with van der Waals surface area (Å²) >= 11 is 1.34. The molecule has 0 aliphatic heterocycles. The van der Waals surface area contributed by atoms with Gasteiger partial charge >= 0.3 is 0 Å². The van der Waals surface area contributed by atoms with Crippen LogP contribution in [0.15, 0.2) is 34.7 Å². The van der Waals surface area contributed by atoms with Crippen molar-refractivity contribution in [3.05, 3.63) is 62.8 Å². The van der Waals surface area contributed by atoms with Crippen LogP contribution < -0.4 is 5.56 Å². The van der Waals surface area contributed by atoms with Crippen molar-refractivity contribution < 1.29 is 4.39 Å². The normalized spacial score (nSPS) is 10.7. The quantitative estimate of drug-likeness (QED) is 0.731. The van der Waals surface area contributed by atoms with Crippen molar-refractivity contribution in [1.82, 2.24) is 9.55 Å². The lowest BCUT2D eigenvalue weighted by Gasteiger charge is -2.07. The van der Waals surface area contributed by atoms with E-state index in [0.29, 0.717) is 15.8 Å². The molecule has 21 heavy (non-hydrogen) atoms. The molecule has 0 atom stereocenters. The Morgan fingerprint density at radius 3 is 3.05 bits per heavy atom. The molecule has 0 bridgehead atoms. The van der Waals surface area contributed by atoms with Crippen LogP contribution >= 0.6 is 11.3 Å². The zero-order valence-electron chi connectivity index (χ0n) is 11.1. The molecule has 0 unspecified atom stereocenters. The number of nitrogens with zero attached hydrogens (tertiary/aromatic N) is 3. The molecule has 2 aromatic heterocycles. The summed E-state index contributed by atoms with van der Waals surface area (Å²) in [6.45, 7) is 1.95. The second-order valence-corrected chi connectivity index (χ2v) is 5.54. The molecular formula is C15H10FN3OS. The average molecular weight is 299 g/mol. The lowest BCUT2D eigenvalue weighted by atomic mass is 10.1. The van der Waals surface area contributed by atoms with Crippen LogP contribution in [0.25, 0.3) is 10.2 Å². The van der Waals surface area contributed by atoms with Crippen molar-refractivity contribution >= 4 is 21.6 Å². The number of hydrogen-bond acceptors (Lipinski definition) is 4. The molecule has 3 aromatic rings. The number of hydrogen-bond donors (Lipinski definition) is 0. The number of nitriles is 1. The zero-order chi connectivity index (χ0) is 15.0. The van der Waals surface area contributed by atoms with Gasteiger partial charge in [-0.2, -0.15) is 5.26 Å². The summed E-state index contributed by atoms with van der Waals surface area (Å²) in [6.07, 6.45) is 1.42. The molecule has 0 aliphatic carbocycles. The predicted octanol–water partition coefficient (Wildman–Crippen LogP) is 2.83. The minimum Gasteiger partial charge on any atom is -0.293 e. The van der Waals surface area contributed by atoms with Gasteiger partial charge in [0.1, 0.15) is 16.6 Å². The molecule has 0 saturated heterocycles. The maximum atomic E-state index is 14.1. The van der Waals surface area contributed by atoms with E-state index in [-0.39, 0.29) is 17.7 Å². The Kier molecular flexibility index (Phi) is 3.28. The number of benzene rings is 1. The Morgan fingerprint density at radius 2 is 2.29 bits per heavy atom. The molecule has 0 radical (unpaired) electrons. The van der Waals surface area contributed by atoms with E-state index in [4.69, 9.17) is 5.26 Å². The molecule has 0 N–H and O–H groups in total. The molecule has 0 spiro atoms. The van der Waals surface area contributed by atoms with Gasteiger partial charge in [0.15, 0.2) is 0 Å². The number of rotatable bonds is 2. The maximum absolute atomic E-state index is 14.1. The Labute approximate surface area is 123 Å². The molecule has 0 saturated carbocycles. The first-order valence-corrected chi connectivity index (χ1v) is 7.10. The Balaban J connectivity index is 2.09. The maximum Gasteiger partial charge on any atom is 0.271 e. The zero-order valence-corrected chi connectivity index (χ0v) is 11.9. The summed E-state index contributed by atoms with van der Waals surface area (Å²) < 4.78 is 16.0. The van der Waals surface area contributed by atoms with Crippen molar-refractivity contribution in [3.63, 3.8) is 0 Å². The monoisotopic (exact) mass is 299 g/mol. The first kappa shape index (κ1) is 13.5. The van der Waals surface area contributed by atoms with Gasteiger partial charge in [0.25, 0.3) is 5.56 Å². The van der Waals surface area contributed by atoms with Gasteiger partial charge in [-0.3, -0.25) is 9.36 Å². The summed E-state index contributed by atoms with van der Waals surface area (Å²) in [5, 5.41) is 10.7. The molecule has 0 fully saturated rings. The van der Waals surface area contributed by atoms with Crippen molar-refractivity contribution in [2.24, 2.45) is 0 Å². The van der Waals surface area contributed by atoms with Crippen LogP contribution in [0.1, 0.15) is 16.7 Å². The third-order valence-electron chi connectivity index (χ3n) is 3.26. The van der Waals surface area contributed by atoms with Crippen LogP contribution in [0.2, 0.25) is 0 Å². The molecule has 104 valence electrons. The van der Waals surface area contributed by atoms with Crippen molar-refractivity contribution in [1.29, 1.82) is 5.26 Å². The van der Waals surface area contributed by atoms with Gasteiger partial charge in [-0.1, -0.05) is 12.1 Å². The van der Waals surface area contributed by atoms with E-state index in [1.54, 1.807) is 18.2 Å². The SMILES string of the molecule is Cc1csc2c(=O)n(Cc3cccc(C#N)c3F)cnc12. The van der Waals surface area contributed by atoms with Crippen LogP contribution in [0, 0.1) is 24.1 Å². The second-order valence-electron chi connectivity index (χ2n) is 4.66. The summed E-state index contributed by atoms with van der Waals surface area (Å²) in [5.74, 6) is -0.589. The van der Waals surface area contributed by atoms with Crippen molar-refractivity contribution in [2.75, 3.05) is 0 Å². The number of halogens is 1. The molecular weight excluding hydrogens is 289 g/mol. The Bertz CT molecular complexity index is 936. The van der Waals surface area contributed by atoms with E-state index < -0.39 is 5.82 Å². The van der Waals surface area contributed by atoms with Crippen LogP contribution in [0.5, 0.6) is 0 Å². The number of thiophene rings is 1. The van der Waals surface area contributed by atoms with Gasteiger partial charge in [-0.05, 0) is 23.9 Å². The fourth-order valence-corrected chi connectivity index (χ4v) is 3.09. The molecule has 4 nitrogen and oxygen atoms in total. The van der Waals surface area contributed by atoms with Crippen molar-refractivity contribution in [2.45, 2.75) is 13.5 Å². The van der Waals surface area contributed by atoms with Gasteiger partial charge < -0.3 is 0 Å². The highest BCUT2D eigenvalue weighted by Crippen LogP contribution is 2.20. The smallest absolute Gasteiger partial charge is 0.271 e. The second kappa shape index (κ2) is 5.11. The van der Waals surface area contributed by atoms with Gasteiger partial charge in [-0.25, -0.2) is 9.37 Å². The molecule has 3 rings (SSSR count). The van der Waals surface area contributed by atoms with Crippen LogP contribution in [0.4, 0.5) is 4.39 Å². The van der Waals surface area contributed by atoms with Crippen LogP contribution in [-0.4, -0.2) is 9.55 Å². The average Bonchev–Trinajstić information content (AvgIpc) is 2.86. The summed E-state index contributed by atoms with van der Waals surface area (Å²) in [6, 6.07) is 6.36. The minimum absolute atomic E-state index is 0.0263. The number of aromatic nitrogens is 2. The Hall–Kier alpha value is -2.52. The molecule has 0 aliphatic rings. The van der Waals surface area contributed by atoms with Gasteiger partial charge in [0, 0.05) is 5.56 Å². The third-order valence-corrected chi connectivity index (χ3v) is 4.34. The first-order chi connectivity index (χ1) is 10.1. The van der Waals surface area contributed by atoms with E-state index in [1.165, 1.54) is 28.3 Å². The van der Waals surface area contributed by atoms with Crippen molar-refractivity contribution in [3.8, 4) is 6.07 Å². The van der Waals surface area contributed by atoms with Gasteiger partial charge in [-0.15, -0.1) is 11.3 Å². The highest BCUT2D eigenvalue weighted by atomic mass is 32.1. The summed E-state index contributed by atoms with van der Waals surface area (Å²) in [4.78, 5) is 16.6. The highest BCUT2D eigenvalue weighted by Gasteiger charge is 2.12. The topological polar surface area (TPSA) is 58.7 Å².